The summed E-state index contributed by atoms with van der Waals surface area (Å²) in [6.07, 6.45) is 3.93. The highest BCUT2D eigenvalue weighted by Crippen LogP contribution is 2.17. The van der Waals surface area contributed by atoms with Crippen LogP contribution in [0.1, 0.15) is 39.0 Å². The van der Waals surface area contributed by atoms with Gasteiger partial charge < -0.3 is 4.90 Å². The Morgan fingerprint density at radius 3 is 2.81 bits per heavy atom. The van der Waals surface area contributed by atoms with Crippen molar-refractivity contribution in [3.05, 3.63) is 0 Å². The molecule has 0 spiro atoms. The van der Waals surface area contributed by atoms with Crippen molar-refractivity contribution in [2.75, 3.05) is 13.1 Å². The fourth-order valence-corrected chi connectivity index (χ4v) is 2.02. The van der Waals surface area contributed by atoms with Gasteiger partial charge in [0, 0.05) is 25.9 Å². The summed E-state index contributed by atoms with van der Waals surface area (Å²) in [5.41, 5.74) is 2.11. The highest BCUT2D eigenvalue weighted by Gasteiger charge is 2.25. The van der Waals surface area contributed by atoms with E-state index in [1.807, 2.05) is 4.90 Å². The normalized spacial score (nSPS) is 20.2. The molecule has 16 heavy (non-hydrogen) atoms. The lowest BCUT2D eigenvalue weighted by Crippen LogP contribution is -2.29. The molecule has 1 rings (SSSR count). The van der Waals surface area contributed by atoms with Gasteiger partial charge >= 0.3 is 0 Å². The van der Waals surface area contributed by atoms with Crippen molar-refractivity contribution in [1.82, 2.24) is 10.3 Å². The molecule has 0 radical (unpaired) electrons. The van der Waals surface area contributed by atoms with Crippen LogP contribution in [0.3, 0.4) is 0 Å². The van der Waals surface area contributed by atoms with E-state index in [1.165, 1.54) is 0 Å². The molecule has 3 N–H and O–H groups in total. The molecule has 1 aliphatic rings. The van der Waals surface area contributed by atoms with Crippen LogP contribution in [0.4, 0.5) is 0 Å². The van der Waals surface area contributed by atoms with Crippen molar-refractivity contribution < 1.29 is 9.59 Å². The van der Waals surface area contributed by atoms with Gasteiger partial charge in [0.15, 0.2) is 0 Å². The summed E-state index contributed by atoms with van der Waals surface area (Å²) in [5.74, 6) is 5.61. The summed E-state index contributed by atoms with van der Waals surface area (Å²) >= 11 is 0. The van der Waals surface area contributed by atoms with E-state index in [0.717, 1.165) is 32.4 Å². The first kappa shape index (κ1) is 13.0. The average Bonchev–Trinajstić information content (AvgIpc) is 2.56. The van der Waals surface area contributed by atoms with Gasteiger partial charge in [0.05, 0.1) is 0 Å². The molecule has 1 atom stereocenters. The van der Waals surface area contributed by atoms with Crippen LogP contribution >= 0.6 is 0 Å². The van der Waals surface area contributed by atoms with Crippen LogP contribution in [-0.2, 0) is 9.59 Å². The maximum atomic E-state index is 11.4. The number of nitrogens with one attached hydrogen (secondary N) is 1. The third kappa shape index (κ3) is 4.18. The third-order valence-corrected chi connectivity index (χ3v) is 2.90. The van der Waals surface area contributed by atoms with E-state index in [-0.39, 0.29) is 11.8 Å². The Morgan fingerprint density at radius 1 is 1.50 bits per heavy atom. The first-order valence-electron chi connectivity index (χ1n) is 5.90. The van der Waals surface area contributed by atoms with Crippen molar-refractivity contribution in [3.63, 3.8) is 0 Å². The first-order valence-corrected chi connectivity index (χ1v) is 5.90. The Hall–Kier alpha value is -1.10. The van der Waals surface area contributed by atoms with Crippen molar-refractivity contribution in [3.8, 4) is 0 Å². The van der Waals surface area contributed by atoms with Crippen molar-refractivity contribution in [2.45, 2.75) is 39.0 Å². The lowest BCUT2D eigenvalue weighted by Gasteiger charge is -2.15. The van der Waals surface area contributed by atoms with E-state index in [9.17, 15) is 9.59 Å². The van der Waals surface area contributed by atoms with Gasteiger partial charge in [-0.15, -0.1) is 0 Å². The summed E-state index contributed by atoms with van der Waals surface area (Å²) < 4.78 is 0. The topological polar surface area (TPSA) is 75.4 Å². The molecule has 0 saturated carbocycles. The smallest absolute Gasteiger partial charge is 0.233 e. The molecule has 1 heterocycles. The number of carbonyl (C=O) groups excluding carboxylic acids is 2. The van der Waals surface area contributed by atoms with E-state index in [0.29, 0.717) is 18.8 Å². The second-order valence-corrected chi connectivity index (χ2v) is 4.53. The van der Waals surface area contributed by atoms with Crippen LogP contribution in [0, 0.1) is 5.92 Å². The molecule has 5 heteroatoms. The zero-order chi connectivity index (χ0) is 12.0. The molecule has 2 amide bonds. The van der Waals surface area contributed by atoms with E-state index >= 15 is 0 Å². The number of carbonyl (C=O) groups is 2. The molecule has 1 aliphatic heterocycles. The highest BCUT2D eigenvalue weighted by atomic mass is 16.2. The lowest BCUT2D eigenvalue weighted by molar-refractivity contribution is -0.128. The van der Waals surface area contributed by atoms with Gasteiger partial charge in [0.2, 0.25) is 11.8 Å². The maximum absolute atomic E-state index is 11.4. The molecule has 1 saturated heterocycles. The zero-order valence-electron chi connectivity index (χ0n) is 9.87. The Labute approximate surface area is 96.3 Å². The van der Waals surface area contributed by atoms with Crippen LogP contribution in [0.15, 0.2) is 0 Å². The van der Waals surface area contributed by atoms with E-state index in [2.05, 4.69) is 12.3 Å². The van der Waals surface area contributed by atoms with Gasteiger partial charge in [-0.25, -0.2) is 5.84 Å². The summed E-state index contributed by atoms with van der Waals surface area (Å²) in [4.78, 5) is 24.2. The number of nitrogens with zero attached hydrogens (tertiary/aromatic N) is 1. The first-order chi connectivity index (χ1) is 7.63. The fraction of sp³-hybridized carbons (Fsp3) is 0.818. The molecule has 1 unspecified atom stereocenters. The van der Waals surface area contributed by atoms with Crippen molar-refractivity contribution in [1.29, 1.82) is 0 Å². The largest absolute Gasteiger partial charge is 0.342 e. The minimum absolute atomic E-state index is 0.120. The van der Waals surface area contributed by atoms with Gasteiger partial charge in [0.25, 0.3) is 0 Å². The standard InChI is InChI=1S/C11H21N3O2/c1-9-7-11(16)14(8-9)6-4-2-3-5-10(15)13-12/h9H,2-8,12H2,1H3,(H,13,15). The minimum atomic E-state index is -0.120. The van der Waals surface area contributed by atoms with E-state index in [1.54, 1.807) is 0 Å². The van der Waals surface area contributed by atoms with E-state index < -0.39 is 0 Å². The summed E-state index contributed by atoms with van der Waals surface area (Å²) in [5, 5.41) is 0. The highest BCUT2D eigenvalue weighted by molar-refractivity contribution is 5.78. The molecule has 5 nitrogen and oxygen atoms in total. The average molecular weight is 227 g/mol. The summed E-state index contributed by atoms with van der Waals surface area (Å²) in [6, 6.07) is 0. The van der Waals surface area contributed by atoms with Crippen LogP contribution in [0.5, 0.6) is 0 Å². The van der Waals surface area contributed by atoms with Gasteiger partial charge in [0.1, 0.15) is 0 Å². The number of unbranched alkanes of at least 4 members (excludes halogenated alkanes) is 2. The molecule has 0 aromatic rings. The van der Waals surface area contributed by atoms with Crippen LogP contribution in [-0.4, -0.2) is 29.8 Å². The second kappa shape index (κ2) is 6.48. The van der Waals surface area contributed by atoms with Gasteiger partial charge in [-0.3, -0.25) is 15.0 Å². The van der Waals surface area contributed by atoms with Crippen molar-refractivity contribution in [2.24, 2.45) is 11.8 Å². The summed E-state index contributed by atoms with van der Waals surface area (Å²) in [6.45, 7) is 3.82. The minimum Gasteiger partial charge on any atom is -0.342 e. The van der Waals surface area contributed by atoms with Crippen LogP contribution in [0.25, 0.3) is 0 Å². The Balaban J connectivity index is 2.03. The van der Waals surface area contributed by atoms with Gasteiger partial charge in [-0.2, -0.15) is 0 Å². The Morgan fingerprint density at radius 2 is 2.25 bits per heavy atom. The molecule has 0 aromatic carbocycles. The summed E-state index contributed by atoms with van der Waals surface area (Å²) in [7, 11) is 0. The van der Waals surface area contributed by atoms with Gasteiger partial charge in [-0.05, 0) is 18.8 Å². The number of hydrazine groups is 1. The maximum Gasteiger partial charge on any atom is 0.233 e. The molecular formula is C11H21N3O2. The second-order valence-electron chi connectivity index (χ2n) is 4.53. The molecule has 1 fully saturated rings. The van der Waals surface area contributed by atoms with E-state index in [4.69, 9.17) is 5.84 Å². The van der Waals surface area contributed by atoms with Gasteiger partial charge in [-0.1, -0.05) is 13.3 Å². The Bertz CT molecular complexity index is 256. The number of rotatable bonds is 6. The lowest BCUT2D eigenvalue weighted by atomic mass is 10.1. The molecule has 0 aromatic heterocycles. The van der Waals surface area contributed by atoms with Crippen LogP contribution in [0.2, 0.25) is 0 Å². The number of nitrogens with two attached hydrogens (primary N) is 1. The molecule has 0 aliphatic carbocycles. The molecule has 92 valence electrons. The number of likely N-dealkylation sites (tertiary alicyclic amines) is 1. The SMILES string of the molecule is CC1CC(=O)N(CCCCCC(=O)NN)C1. The predicted octanol–water partition coefficient (Wildman–Crippen LogP) is 0.405. The quantitative estimate of drug-likeness (QED) is 0.298. The Kier molecular flexibility index (Phi) is 5.25. The van der Waals surface area contributed by atoms with Crippen molar-refractivity contribution >= 4 is 11.8 Å². The number of amides is 2. The molecular weight excluding hydrogens is 206 g/mol. The van der Waals surface area contributed by atoms with Crippen LogP contribution < -0.4 is 11.3 Å². The molecule has 0 bridgehead atoms. The monoisotopic (exact) mass is 227 g/mol. The number of hydrogen-bond acceptors (Lipinski definition) is 3. The third-order valence-electron chi connectivity index (χ3n) is 2.90. The zero-order valence-corrected chi connectivity index (χ0v) is 9.87. The fourth-order valence-electron chi connectivity index (χ4n) is 2.02. The number of hydrogen-bond donors (Lipinski definition) is 2. The predicted molar refractivity (Wildman–Crippen MR) is 61.2 cm³/mol.